The Morgan fingerprint density at radius 2 is 1.42 bits per heavy atom. The standard InChI is InChI=1S/C37H48N6O5S2/c1-5-34(44)47-23-14-12-10-8-9-11-13-22-46-30-18-15-28(16-19-30)39-41-33-26-32-36(50-33)38-37(49-32)42-40-31-20-17-29(25-27(31)4)43(7-3)21-24-48-35(45)6-2/h15-20,25-26H,5-14,21-24H2,1-4H3. The number of unbranched alkanes of at least 4 members (excludes halogenated alkanes) is 6. The molecule has 0 aliphatic carbocycles. The highest BCUT2D eigenvalue weighted by Gasteiger charge is 2.11. The third kappa shape index (κ3) is 12.9. The van der Waals surface area contributed by atoms with E-state index in [0.717, 1.165) is 75.1 Å². The van der Waals surface area contributed by atoms with Crippen LogP contribution in [-0.4, -0.2) is 49.8 Å². The van der Waals surface area contributed by atoms with Crippen LogP contribution < -0.4 is 9.64 Å². The van der Waals surface area contributed by atoms with Crippen molar-refractivity contribution in [3.05, 3.63) is 54.1 Å². The number of rotatable bonds is 22. The van der Waals surface area contributed by atoms with Gasteiger partial charge >= 0.3 is 11.9 Å². The molecule has 4 rings (SSSR count). The number of hydrogen-bond acceptors (Lipinski definition) is 13. The lowest BCUT2D eigenvalue weighted by Gasteiger charge is -2.23. The van der Waals surface area contributed by atoms with Crippen molar-refractivity contribution in [1.82, 2.24) is 4.98 Å². The molecule has 2 aromatic carbocycles. The van der Waals surface area contributed by atoms with Gasteiger partial charge in [-0.2, -0.15) is 0 Å². The summed E-state index contributed by atoms with van der Waals surface area (Å²) in [5, 5.41) is 19.0. The monoisotopic (exact) mass is 720 g/mol. The highest BCUT2D eigenvalue weighted by molar-refractivity contribution is 7.30. The van der Waals surface area contributed by atoms with Crippen molar-refractivity contribution in [3.63, 3.8) is 0 Å². The Morgan fingerprint density at radius 1 is 0.740 bits per heavy atom. The quantitative estimate of drug-likeness (QED) is 0.0449. The summed E-state index contributed by atoms with van der Waals surface area (Å²) in [6, 6.07) is 15.7. The van der Waals surface area contributed by atoms with Crippen LogP contribution in [0.3, 0.4) is 0 Å². The molecule has 2 heterocycles. The summed E-state index contributed by atoms with van der Waals surface area (Å²) in [5.74, 6) is 0.529. The van der Waals surface area contributed by atoms with E-state index in [-0.39, 0.29) is 11.9 Å². The minimum Gasteiger partial charge on any atom is -0.494 e. The lowest BCUT2D eigenvalue weighted by molar-refractivity contribution is -0.144. The number of likely N-dealkylation sites (N-methyl/N-ethyl adjacent to an activating group) is 1. The molecule has 268 valence electrons. The smallest absolute Gasteiger partial charge is 0.305 e. The van der Waals surface area contributed by atoms with Gasteiger partial charge in [-0.15, -0.1) is 20.5 Å². The van der Waals surface area contributed by atoms with Gasteiger partial charge in [0.2, 0.25) is 5.13 Å². The van der Waals surface area contributed by atoms with Crippen LogP contribution in [0.4, 0.5) is 27.2 Å². The highest BCUT2D eigenvalue weighted by Crippen LogP contribution is 2.39. The maximum Gasteiger partial charge on any atom is 0.305 e. The first-order valence-corrected chi connectivity index (χ1v) is 19.1. The molecule has 0 saturated carbocycles. The number of thiophene rings is 1. The van der Waals surface area contributed by atoms with E-state index in [1.807, 2.05) is 56.3 Å². The molecule has 0 bridgehead atoms. The van der Waals surface area contributed by atoms with Gasteiger partial charge in [0.05, 0.1) is 35.8 Å². The lowest BCUT2D eigenvalue weighted by atomic mass is 10.1. The van der Waals surface area contributed by atoms with Crippen molar-refractivity contribution >= 4 is 71.3 Å². The maximum absolute atomic E-state index is 11.5. The van der Waals surface area contributed by atoms with E-state index in [1.54, 1.807) is 6.92 Å². The molecule has 0 radical (unpaired) electrons. The average molecular weight is 721 g/mol. The summed E-state index contributed by atoms with van der Waals surface area (Å²) in [5.41, 5.74) is 3.58. The number of azo groups is 2. The molecule has 11 nitrogen and oxygen atoms in total. The molecule has 0 unspecified atom stereocenters. The van der Waals surface area contributed by atoms with Gasteiger partial charge < -0.3 is 19.1 Å². The van der Waals surface area contributed by atoms with Crippen LogP contribution in [0.15, 0.2) is 69.0 Å². The summed E-state index contributed by atoms with van der Waals surface area (Å²) in [6.07, 6.45) is 8.60. The van der Waals surface area contributed by atoms with Crippen LogP contribution in [0, 0.1) is 6.92 Å². The predicted octanol–water partition coefficient (Wildman–Crippen LogP) is 11.3. The summed E-state index contributed by atoms with van der Waals surface area (Å²) >= 11 is 2.93. The third-order valence-corrected chi connectivity index (χ3v) is 9.79. The zero-order valence-corrected chi connectivity index (χ0v) is 31.2. The molecule has 2 aromatic heterocycles. The van der Waals surface area contributed by atoms with Crippen molar-refractivity contribution in [2.75, 3.05) is 37.8 Å². The molecule has 4 aromatic rings. The Morgan fingerprint density at radius 3 is 2.08 bits per heavy atom. The fourth-order valence-corrected chi connectivity index (χ4v) is 6.82. The van der Waals surface area contributed by atoms with Crippen molar-refractivity contribution in [2.45, 2.75) is 85.5 Å². The third-order valence-electron chi connectivity index (χ3n) is 7.86. The number of fused-ring (bicyclic) bond motifs is 1. The number of aryl methyl sites for hydroxylation is 1. The number of carbonyl (C=O) groups is 2. The largest absolute Gasteiger partial charge is 0.494 e. The van der Waals surface area contributed by atoms with Gasteiger partial charge in [-0.3, -0.25) is 9.59 Å². The van der Waals surface area contributed by atoms with Gasteiger partial charge in [0.15, 0.2) is 0 Å². The number of thiazole rings is 1. The van der Waals surface area contributed by atoms with Gasteiger partial charge in [0, 0.05) is 25.1 Å². The molecule has 0 fully saturated rings. The second-order valence-corrected chi connectivity index (χ2v) is 13.7. The Labute approximate surface area is 302 Å². The van der Waals surface area contributed by atoms with E-state index in [4.69, 9.17) is 14.2 Å². The van der Waals surface area contributed by atoms with E-state index < -0.39 is 0 Å². The fraction of sp³-hybridized carbons (Fsp3) is 0.486. The number of nitrogens with zero attached hydrogens (tertiary/aromatic N) is 6. The van der Waals surface area contributed by atoms with Crippen LogP contribution in [0.1, 0.15) is 84.1 Å². The SMILES string of the molecule is CCC(=O)OCCCCCCCCCOc1ccc(N=Nc2cc3sc(N=Nc4ccc(N(CC)CCOC(=O)CC)cc4C)nc3s2)cc1. The first-order valence-electron chi connectivity index (χ1n) is 17.5. The first kappa shape index (κ1) is 38.6. The zero-order chi connectivity index (χ0) is 35.6. The van der Waals surface area contributed by atoms with Crippen LogP contribution in [-0.2, 0) is 19.1 Å². The van der Waals surface area contributed by atoms with Crippen molar-refractivity contribution < 1.29 is 23.8 Å². The maximum atomic E-state index is 11.5. The molecule has 13 heteroatoms. The summed E-state index contributed by atoms with van der Waals surface area (Å²) in [4.78, 5) is 30.2. The second-order valence-electron chi connectivity index (χ2n) is 11.7. The van der Waals surface area contributed by atoms with Gasteiger partial charge in [-0.25, -0.2) is 4.98 Å². The van der Waals surface area contributed by atoms with Gasteiger partial charge in [0.25, 0.3) is 0 Å². The summed E-state index contributed by atoms with van der Waals surface area (Å²) in [7, 11) is 0. The molecule has 0 aliphatic heterocycles. The highest BCUT2D eigenvalue weighted by atomic mass is 32.1. The number of esters is 2. The first-order chi connectivity index (χ1) is 24.4. The van der Waals surface area contributed by atoms with E-state index in [9.17, 15) is 9.59 Å². The Kier molecular flexibility index (Phi) is 16.3. The van der Waals surface area contributed by atoms with Crippen LogP contribution >= 0.6 is 22.7 Å². The summed E-state index contributed by atoms with van der Waals surface area (Å²) in [6.45, 7) is 10.7. The number of ether oxygens (including phenoxy) is 3. The molecule has 0 N–H and O–H groups in total. The zero-order valence-electron chi connectivity index (χ0n) is 29.6. The summed E-state index contributed by atoms with van der Waals surface area (Å²) < 4.78 is 17.2. The average Bonchev–Trinajstić information content (AvgIpc) is 3.70. The van der Waals surface area contributed by atoms with E-state index in [2.05, 4.69) is 43.3 Å². The number of benzene rings is 2. The fourth-order valence-electron chi connectivity index (χ4n) is 4.97. The molecule has 0 saturated heterocycles. The minimum atomic E-state index is -0.185. The topological polar surface area (TPSA) is 127 Å². The molecule has 0 spiro atoms. The van der Waals surface area contributed by atoms with Crippen molar-refractivity contribution in [3.8, 4) is 5.75 Å². The Hall–Kier alpha value is -4.23. The normalized spacial score (nSPS) is 11.5. The minimum absolute atomic E-state index is 0.114. The molecular weight excluding hydrogens is 673 g/mol. The van der Waals surface area contributed by atoms with E-state index in [1.165, 1.54) is 41.9 Å². The predicted molar refractivity (Wildman–Crippen MR) is 202 cm³/mol. The van der Waals surface area contributed by atoms with Crippen LogP contribution in [0.25, 0.3) is 9.53 Å². The molecule has 0 atom stereocenters. The van der Waals surface area contributed by atoms with Gasteiger partial charge in [-0.05, 0) is 80.8 Å². The molecule has 0 aliphatic rings. The van der Waals surface area contributed by atoms with Crippen molar-refractivity contribution in [2.24, 2.45) is 20.5 Å². The molecule has 0 amide bonds. The lowest BCUT2D eigenvalue weighted by Crippen LogP contribution is -2.27. The second kappa shape index (κ2) is 21.1. The van der Waals surface area contributed by atoms with Crippen LogP contribution in [0.2, 0.25) is 0 Å². The van der Waals surface area contributed by atoms with E-state index in [0.29, 0.717) is 44.3 Å². The number of hydrogen-bond donors (Lipinski definition) is 0. The van der Waals surface area contributed by atoms with Crippen LogP contribution in [0.5, 0.6) is 5.75 Å². The Balaban J connectivity index is 1.17. The number of carbonyl (C=O) groups excluding carboxylic acids is 2. The van der Waals surface area contributed by atoms with E-state index >= 15 is 0 Å². The number of aromatic nitrogens is 1. The molecule has 50 heavy (non-hydrogen) atoms. The molecular formula is C37H48N6O5S2. The van der Waals surface area contributed by atoms with Gasteiger partial charge in [0.1, 0.15) is 22.2 Å². The van der Waals surface area contributed by atoms with Crippen molar-refractivity contribution in [1.29, 1.82) is 0 Å². The number of anilines is 1. The van der Waals surface area contributed by atoms with Gasteiger partial charge in [-0.1, -0.05) is 68.6 Å². The Bertz CT molecular complexity index is 1670.